The predicted octanol–water partition coefficient (Wildman–Crippen LogP) is 2.22. The molecule has 2 aromatic heterocycles. The largest absolute Gasteiger partial charge is 0.382 e. The third kappa shape index (κ3) is 2.29. The van der Waals surface area contributed by atoms with Gasteiger partial charge in [0.25, 0.3) is 0 Å². The van der Waals surface area contributed by atoms with E-state index >= 15 is 0 Å². The Morgan fingerprint density at radius 2 is 1.80 bits per heavy atom. The number of nitrogens with one attached hydrogen (secondary N) is 1. The van der Waals surface area contributed by atoms with E-state index in [1.807, 2.05) is 48.7 Å². The molecule has 0 fully saturated rings. The average molecular weight is 263 g/mol. The molecular formula is C15H13N5. The summed E-state index contributed by atoms with van der Waals surface area (Å²) in [7, 11) is 0. The molecule has 3 N–H and O–H groups in total. The van der Waals surface area contributed by atoms with E-state index in [2.05, 4.69) is 10.1 Å². The number of nitrogens with two attached hydrogens (primary N) is 1. The molecule has 0 bridgehead atoms. The van der Waals surface area contributed by atoms with Gasteiger partial charge in [-0.15, -0.1) is 0 Å². The van der Waals surface area contributed by atoms with Gasteiger partial charge >= 0.3 is 0 Å². The van der Waals surface area contributed by atoms with Gasteiger partial charge in [0.1, 0.15) is 11.5 Å². The van der Waals surface area contributed by atoms with Gasteiger partial charge in [-0.1, -0.05) is 36.4 Å². The molecule has 0 saturated heterocycles. The second kappa shape index (κ2) is 4.97. The fourth-order valence-electron chi connectivity index (χ4n) is 1.93. The maximum absolute atomic E-state index is 7.42. The molecule has 0 amide bonds. The average Bonchev–Trinajstić information content (AvgIpc) is 2.98. The van der Waals surface area contributed by atoms with E-state index in [1.165, 1.54) is 0 Å². The molecule has 20 heavy (non-hydrogen) atoms. The number of aromatic nitrogens is 3. The molecular weight excluding hydrogens is 250 g/mol. The Morgan fingerprint density at radius 3 is 2.55 bits per heavy atom. The molecule has 0 unspecified atom stereocenters. The fraction of sp³-hybridized carbons (Fsp3) is 0. The van der Waals surface area contributed by atoms with Gasteiger partial charge < -0.3 is 5.73 Å². The summed E-state index contributed by atoms with van der Waals surface area (Å²) >= 11 is 0. The van der Waals surface area contributed by atoms with Gasteiger partial charge in [0.05, 0.1) is 6.20 Å². The van der Waals surface area contributed by atoms with Crippen LogP contribution in [0.3, 0.4) is 0 Å². The zero-order chi connectivity index (χ0) is 13.9. The Balaban J connectivity index is 1.98. The predicted molar refractivity (Wildman–Crippen MR) is 77.8 cm³/mol. The zero-order valence-corrected chi connectivity index (χ0v) is 10.7. The lowest BCUT2D eigenvalue weighted by atomic mass is 10.1. The standard InChI is InChI=1S/C15H13N5/c16-15(17)13-7-4-8-14(19-13)20-10-12(9-18-20)11-5-2-1-3-6-11/h1-10H,(H3,16,17). The number of rotatable bonds is 3. The van der Waals surface area contributed by atoms with Crippen molar-refractivity contribution in [2.24, 2.45) is 5.73 Å². The molecule has 2 heterocycles. The van der Waals surface area contributed by atoms with Gasteiger partial charge in [-0.3, -0.25) is 5.41 Å². The summed E-state index contributed by atoms with van der Waals surface area (Å²) in [5.74, 6) is 0.585. The van der Waals surface area contributed by atoms with E-state index in [0.29, 0.717) is 11.5 Å². The Morgan fingerprint density at radius 1 is 1.00 bits per heavy atom. The van der Waals surface area contributed by atoms with Gasteiger partial charge in [0.2, 0.25) is 0 Å². The molecule has 3 aromatic rings. The van der Waals surface area contributed by atoms with Crippen LogP contribution in [0.15, 0.2) is 60.9 Å². The Bertz CT molecular complexity index is 746. The second-order valence-corrected chi connectivity index (χ2v) is 4.33. The first-order valence-corrected chi connectivity index (χ1v) is 6.16. The lowest BCUT2D eigenvalue weighted by Crippen LogP contribution is -2.14. The highest BCUT2D eigenvalue weighted by Crippen LogP contribution is 2.19. The van der Waals surface area contributed by atoms with Crippen LogP contribution in [0.1, 0.15) is 5.69 Å². The summed E-state index contributed by atoms with van der Waals surface area (Å²) < 4.78 is 1.68. The minimum absolute atomic E-state index is 0.0534. The smallest absolute Gasteiger partial charge is 0.154 e. The van der Waals surface area contributed by atoms with Crippen LogP contribution in [0.25, 0.3) is 16.9 Å². The molecule has 0 radical (unpaired) electrons. The van der Waals surface area contributed by atoms with Crippen molar-refractivity contribution in [3.05, 3.63) is 66.6 Å². The number of nitrogens with zero attached hydrogens (tertiary/aromatic N) is 3. The summed E-state index contributed by atoms with van der Waals surface area (Å²) in [6.45, 7) is 0. The summed E-state index contributed by atoms with van der Waals surface area (Å²) in [4.78, 5) is 4.30. The van der Waals surface area contributed by atoms with Crippen LogP contribution in [0.4, 0.5) is 0 Å². The van der Waals surface area contributed by atoms with Crippen molar-refractivity contribution in [3.8, 4) is 16.9 Å². The minimum Gasteiger partial charge on any atom is -0.382 e. The number of pyridine rings is 1. The van der Waals surface area contributed by atoms with Gasteiger partial charge in [-0.05, 0) is 17.7 Å². The molecule has 5 heteroatoms. The summed E-state index contributed by atoms with van der Waals surface area (Å²) in [5, 5.41) is 11.7. The second-order valence-electron chi connectivity index (χ2n) is 4.33. The quantitative estimate of drug-likeness (QED) is 0.561. The lowest BCUT2D eigenvalue weighted by molar-refractivity contribution is 0.845. The monoisotopic (exact) mass is 263 g/mol. The maximum atomic E-state index is 7.42. The summed E-state index contributed by atoms with van der Waals surface area (Å²) in [5.41, 5.74) is 8.00. The van der Waals surface area contributed by atoms with Crippen LogP contribution in [0.5, 0.6) is 0 Å². The minimum atomic E-state index is -0.0534. The number of hydrogen-bond donors (Lipinski definition) is 2. The zero-order valence-electron chi connectivity index (χ0n) is 10.7. The van der Waals surface area contributed by atoms with E-state index in [1.54, 1.807) is 16.9 Å². The molecule has 3 rings (SSSR count). The lowest BCUT2D eigenvalue weighted by Gasteiger charge is -2.02. The number of nitrogen functional groups attached to an aromatic ring is 1. The molecule has 0 aliphatic rings. The van der Waals surface area contributed by atoms with Gasteiger partial charge in [0, 0.05) is 11.8 Å². The van der Waals surface area contributed by atoms with Crippen LogP contribution < -0.4 is 5.73 Å². The molecule has 5 nitrogen and oxygen atoms in total. The van der Waals surface area contributed by atoms with Gasteiger partial charge in [-0.2, -0.15) is 5.10 Å². The number of hydrogen-bond acceptors (Lipinski definition) is 3. The molecule has 0 aliphatic heterocycles. The number of benzene rings is 1. The third-order valence-corrected chi connectivity index (χ3v) is 2.93. The van der Waals surface area contributed by atoms with Crippen molar-refractivity contribution in [2.45, 2.75) is 0 Å². The molecule has 0 spiro atoms. The normalized spacial score (nSPS) is 10.4. The Kier molecular flexibility index (Phi) is 3.01. The highest BCUT2D eigenvalue weighted by Gasteiger charge is 2.05. The highest BCUT2D eigenvalue weighted by molar-refractivity contribution is 5.93. The summed E-state index contributed by atoms with van der Waals surface area (Å²) in [6.07, 6.45) is 3.69. The first-order valence-electron chi connectivity index (χ1n) is 6.16. The van der Waals surface area contributed by atoms with E-state index < -0.39 is 0 Å². The molecule has 0 saturated carbocycles. The topological polar surface area (TPSA) is 80.6 Å². The maximum Gasteiger partial charge on any atom is 0.154 e. The SMILES string of the molecule is N=C(N)c1cccc(-n2cc(-c3ccccc3)cn2)n1. The van der Waals surface area contributed by atoms with Crippen molar-refractivity contribution in [3.63, 3.8) is 0 Å². The van der Waals surface area contributed by atoms with Crippen molar-refractivity contribution in [2.75, 3.05) is 0 Å². The fourth-order valence-corrected chi connectivity index (χ4v) is 1.93. The van der Waals surface area contributed by atoms with Crippen LogP contribution in [0, 0.1) is 5.41 Å². The summed E-state index contributed by atoms with van der Waals surface area (Å²) in [6, 6.07) is 15.3. The third-order valence-electron chi connectivity index (χ3n) is 2.93. The van der Waals surface area contributed by atoms with Crippen molar-refractivity contribution in [1.29, 1.82) is 5.41 Å². The molecule has 1 aromatic carbocycles. The molecule has 98 valence electrons. The van der Waals surface area contributed by atoms with Crippen molar-refractivity contribution >= 4 is 5.84 Å². The molecule has 0 atom stereocenters. The van der Waals surface area contributed by atoms with E-state index in [0.717, 1.165) is 11.1 Å². The first kappa shape index (κ1) is 12.1. The van der Waals surface area contributed by atoms with Crippen LogP contribution in [-0.4, -0.2) is 20.6 Å². The van der Waals surface area contributed by atoms with Crippen molar-refractivity contribution in [1.82, 2.24) is 14.8 Å². The van der Waals surface area contributed by atoms with Gasteiger partial charge in [0.15, 0.2) is 5.82 Å². The van der Waals surface area contributed by atoms with Crippen molar-refractivity contribution < 1.29 is 0 Å². The van der Waals surface area contributed by atoms with Crippen LogP contribution >= 0.6 is 0 Å². The Labute approximate surface area is 116 Å². The van der Waals surface area contributed by atoms with Crippen LogP contribution in [-0.2, 0) is 0 Å². The van der Waals surface area contributed by atoms with Crippen LogP contribution in [0.2, 0.25) is 0 Å². The highest BCUT2D eigenvalue weighted by atomic mass is 15.3. The van der Waals surface area contributed by atoms with E-state index in [4.69, 9.17) is 11.1 Å². The number of amidine groups is 1. The Hall–Kier alpha value is -2.95. The first-order chi connectivity index (χ1) is 9.74. The molecule has 0 aliphatic carbocycles. The van der Waals surface area contributed by atoms with E-state index in [9.17, 15) is 0 Å². The van der Waals surface area contributed by atoms with Gasteiger partial charge in [-0.25, -0.2) is 9.67 Å². The van der Waals surface area contributed by atoms with E-state index in [-0.39, 0.29) is 5.84 Å².